The Labute approximate surface area is 115 Å². The Morgan fingerprint density at radius 1 is 1.47 bits per heavy atom. The van der Waals surface area contributed by atoms with Crippen LogP contribution in [0.5, 0.6) is 0 Å². The van der Waals surface area contributed by atoms with Gasteiger partial charge in [-0.2, -0.15) is 5.10 Å². The maximum atomic E-state index is 6.25. The summed E-state index contributed by atoms with van der Waals surface area (Å²) < 4.78 is 7.67. The minimum atomic E-state index is 0.315. The topological polar surface area (TPSA) is 56.3 Å². The number of anilines is 2. The quantitative estimate of drug-likeness (QED) is 0.907. The van der Waals surface area contributed by atoms with E-state index < -0.39 is 0 Å². The van der Waals surface area contributed by atoms with Crippen molar-refractivity contribution in [2.75, 3.05) is 30.8 Å². The van der Waals surface area contributed by atoms with E-state index >= 15 is 0 Å². The van der Waals surface area contributed by atoms with Crippen molar-refractivity contribution in [1.82, 2.24) is 9.78 Å². The number of likely N-dealkylation sites (N-methyl/N-ethyl adjacent to an activating group) is 1. The van der Waals surface area contributed by atoms with Crippen LogP contribution in [0, 0.1) is 0 Å². The molecular formula is C14H26N4O. The van der Waals surface area contributed by atoms with Gasteiger partial charge in [0, 0.05) is 27.2 Å². The van der Waals surface area contributed by atoms with E-state index in [-0.39, 0.29) is 0 Å². The third-order valence-corrected chi connectivity index (χ3v) is 3.74. The zero-order chi connectivity index (χ0) is 14.0. The Bertz CT molecular complexity index is 421. The van der Waals surface area contributed by atoms with Crippen molar-refractivity contribution in [3.63, 3.8) is 0 Å². The highest BCUT2D eigenvalue weighted by Crippen LogP contribution is 2.30. The highest BCUT2D eigenvalue weighted by atomic mass is 16.5. The second-order valence-electron chi connectivity index (χ2n) is 5.77. The van der Waals surface area contributed by atoms with Gasteiger partial charge >= 0.3 is 0 Å². The summed E-state index contributed by atoms with van der Waals surface area (Å²) in [7, 11) is 4.02. The predicted octanol–water partition coefficient (Wildman–Crippen LogP) is 2.13. The Morgan fingerprint density at radius 3 is 2.74 bits per heavy atom. The molecule has 1 atom stereocenters. The summed E-state index contributed by atoms with van der Waals surface area (Å²) >= 11 is 0. The monoisotopic (exact) mass is 266 g/mol. The summed E-state index contributed by atoms with van der Waals surface area (Å²) in [6.07, 6.45) is 3.90. The van der Waals surface area contributed by atoms with Crippen LogP contribution in [0.1, 0.15) is 44.7 Å². The zero-order valence-corrected chi connectivity index (χ0v) is 12.5. The molecule has 19 heavy (non-hydrogen) atoms. The highest BCUT2D eigenvalue weighted by Gasteiger charge is 2.22. The molecule has 1 aromatic heterocycles. The molecule has 0 amide bonds. The lowest BCUT2D eigenvalue weighted by Crippen LogP contribution is -2.34. The molecule has 0 aliphatic carbocycles. The van der Waals surface area contributed by atoms with Crippen molar-refractivity contribution in [2.45, 2.75) is 45.1 Å². The molecule has 108 valence electrons. The molecule has 1 saturated heterocycles. The number of aryl methyl sites for hydroxylation is 1. The lowest BCUT2D eigenvalue weighted by molar-refractivity contribution is 0.0215. The second-order valence-corrected chi connectivity index (χ2v) is 5.77. The van der Waals surface area contributed by atoms with Crippen LogP contribution in [0.15, 0.2) is 0 Å². The SMILES string of the molecule is CC(C)c1nn(C)c(N(C)CC2CCCCO2)c1N. The van der Waals surface area contributed by atoms with Crippen molar-refractivity contribution in [3.8, 4) is 0 Å². The van der Waals surface area contributed by atoms with Crippen LogP contribution >= 0.6 is 0 Å². The first-order chi connectivity index (χ1) is 9.00. The molecule has 1 unspecified atom stereocenters. The number of hydrogen-bond donors (Lipinski definition) is 1. The molecule has 5 heteroatoms. The minimum Gasteiger partial charge on any atom is -0.394 e. The van der Waals surface area contributed by atoms with Gasteiger partial charge in [0.2, 0.25) is 0 Å². The lowest BCUT2D eigenvalue weighted by Gasteiger charge is -2.28. The zero-order valence-electron chi connectivity index (χ0n) is 12.5. The fraction of sp³-hybridized carbons (Fsp3) is 0.786. The van der Waals surface area contributed by atoms with Gasteiger partial charge in [0.15, 0.2) is 0 Å². The van der Waals surface area contributed by atoms with E-state index in [2.05, 4.69) is 30.9 Å². The van der Waals surface area contributed by atoms with Crippen molar-refractivity contribution < 1.29 is 4.74 Å². The average molecular weight is 266 g/mol. The van der Waals surface area contributed by atoms with Crippen molar-refractivity contribution in [1.29, 1.82) is 0 Å². The second kappa shape index (κ2) is 5.82. The molecule has 1 aromatic rings. The fourth-order valence-electron chi connectivity index (χ4n) is 2.77. The molecule has 0 saturated carbocycles. The molecule has 2 N–H and O–H groups in total. The van der Waals surface area contributed by atoms with Crippen LogP contribution in [0.4, 0.5) is 11.5 Å². The first-order valence-corrected chi connectivity index (χ1v) is 7.15. The molecule has 2 heterocycles. The van der Waals surface area contributed by atoms with Crippen molar-refractivity contribution in [3.05, 3.63) is 5.69 Å². The largest absolute Gasteiger partial charge is 0.394 e. The van der Waals surface area contributed by atoms with E-state index in [1.807, 2.05) is 11.7 Å². The fourth-order valence-corrected chi connectivity index (χ4v) is 2.77. The number of nitrogens with zero attached hydrogens (tertiary/aromatic N) is 3. The number of aromatic nitrogens is 2. The van der Waals surface area contributed by atoms with Crippen LogP contribution in [0.3, 0.4) is 0 Å². The van der Waals surface area contributed by atoms with E-state index in [1.165, 1.54) is 12.8 Å². The van der Waals surface area contributed by atoms with Gasteiger partial charge in [0.1, 0.15) is 5.82 Å². The summed E-state index contributed by atoms with van der Waals surface area (Å²) in [5, 5.41) is 4.53. The number of nitrogens with two attached hydrogens (primary N) is 1. The molecule has 0 aromatic carbocycles. The maximum Gasteiger partial charge on any atom is 0.150 e. The molecule has 1 fully saturated rings. The highest BCUT2D eigenvalue weighted by molar-refractivity contribution is 5.66. The normalized spacial score (nSPS) is 19.9. The van der Waals surface area contributed by atoms with Crippen LogP contribution in [-0.2, 0) is 11.8 Å². The molecule has 0 radical (unpaired) electrons. The van der Waals surface area contributed by atoms with Gasteiger partial charge < -0.3 is 15.4 Å². The Balaban J connectivity index is 2.11. The van der Waals surface area contributed by atoms with Crippen LogP contribution in [-0.4, -0.2) is 36.1 Å². The van der Waals surface area contributed by atoms with E-state index in [1.54, 1.807) is 0 Å². The van der Waals surface area contributed by atoms with Crippen LogP contribution in [0.25, 0.3) is 0 Å². The summed E-state index contributed by atoms with van der Waals surface area (Å²) in [5.41, 5.74) is 8.03. The van der Waals surface area contributed by atoms with Gasteiger partial charge in [-0.3, -0.25) is 4.68 Å². The summed E-state index contributed by atoms with van der Waals surface area (Å²) in [4.78, 5) is 2.17. The van der Waals surface area contributed by atoms with E-state index in [9.17, 15) is 0 Å². The third kappa shape index (κ3) is 3.03. The van der Waals surface area contributed by atoms with Crippen LogP contribution in [0.2, 0.25) is 0 Å². The van der Waals surface area contributed by atoms with E-state index in [0.717, 1.165) is 36.8 Å². The molecule has 2 rings (SSSR count). The van der Waals surface area contributed by atoms with E-state index in [0.29, 0.717) is 12.0 Å². The van der Waals surface area contributed by atoms with Gasteiger partial charge in [0.05, 0.1) is 17.5 Å². The number of nitrogen functional groups attached to an aromatic ring is 1. The summed E-state index contributed by atoms with van der Waals surface area (Å²) in [6, 6.07) is 0. The Kier molecular flexibility index (Phi) is 4.34. The Morgan fingerprint density at radius 2 is 2.21 bits per heavy atom. The minimum absolute atomic E-state index is 0.315. The first-order valence-electron chi connectivity index (χ1n) is 7.15. The summed E-state index contributed by atoms with van der Waals surface area (Å²) in [5.74, 6) is 1.34. The number of hydrogen-bond acceptors (Lipinski definition) is 4. The molecule has 0 spiro atoms. The van der Waals surface area contributed by atoms with Crippen molar-refractivity contribution >= 4 is 11.5 Å². The van der Waals surface area contributed by atoms with Gasteiger partial charge in [-0.25, -0.2) is 0 Å². The third-order valence-electron chi connectivity index (χ3n) is 3.74. The first kappa shape index (κ1) is 14.2. The van der Waals surface area contributed by atoms with Gasteiger partial charge in [-0.1, -0.05) is 13.8 Å². The Hall–Kier alpha value is -1.23. The molecular weight excluding hydrogens is 240 g/mol. The van der Waals surface area contributed by atoms with Crippen molar-refractivity contribution in [2.24, 2.45) is 7.05 Å². The maximum absolute atomic E-state index is 6.25. The van der Waals surface area contributed by atoms with E-state index in [4.69, 9.17) is 10.5 Å². The molecule has 5 nitrogen and oxygen atoms in total. The molecule has 0 bridgehead atoms. The number of ether oxygens (including phenoxy) is 1. The van der Waals surface area contributed by atoms with Crippen LogP contribution < -0.4 is 10.6 Å². The van der Waals surface area contributed by atoms with Gasteiger partial charge in [-0.05, 0) is 25.2 Å². The predicted molar refractivity (Wildman–Crippen MR) is 78.6 cm³/mol. The smallest absolute Gasteiger partial charge is 0.150 e. The lowest BCUT2D eigenvalue weighted by atomic mass is 10.1. The van der Waals surface area contributed by atoms with Gasteiger partial charge in [0.25, 0.3) is 0 Å². The number of rotatable bonds is 4. The average Bonchev–Trinajstić information content (AvgIpc) is 2.66. The molecule has 1 aliphatic rings. The molecule has 1 aliphatic heterocycles. The van der Waals surface area contributed by atoms with Gasteiger partial charge in [-0.15, -0.1) is 0 Å². The standard InChI is InChI=1S/C14H26N4O/c1-10(2)13-12(15)14(18(4)16-13)17(3)9-11-7-5-6-8-19-11/h10-11H,5-9,15H2,1-4H3. The summed E-state index contributed by atoms with van der Waals surface area (Å²) in [6.45, 7) is 6.00.